The van der Waals surface area contributed by atoms with Gasteiger partial charge in [0.2, 0.25) is 5.91 Å². The SMILES string of the molecule is CN(C)c1ccc(C2C(Cl)C(=O)N2c2nc(-c3ccccc3NS(=O)(=O)c3ccc(Cl)cc3)cs2)cc1. The maximum Gasteiger partial charge on any atom is 0.261 e. The molecular weight excluding hydrogens is 551 g/mol. The number of rotatable bonds is 7. The van der Waals surface area contributed by atoms with Gasteiger partial charge in [-0.3, -0.25) is 14.4 Å². The smallest absolute Gasteiger partial charge is 0.261 e. The number of sulfonamides is 1. The van der Waals surface area contributed by atoms with Gasteiger partial charge in [0.25, 0.3) is 10.0 Å². The van der Waals surface area contributed by atoms with Gasteiger partial charge in [-0.25, -0.2) is 13.4 Å². The summed E-state index contributed by atoms with van der Waals surface area (Å²) in [7, 11) is 0.0700. The fourth-order valence-corrected chi connectivity index (χ4v) is 6.50. The van der Waals surface area contributed by atoms with Gasteiger partial charge >= 0.3 is 0 Å². The Labute approximate surface area is 229 Å². The molecule has 1 N–H and O–H groups in total. The molecule has 1 aliphatic heterocycles. The Morgan fingerprint density at radius 2 is 1.68 bits per heavy atom. The van der Waals surface area contributed by atoms with Crippen LogP contribution in [-0.2, 0) is 14.8 Å². The molecule has 1 amide bonds. The summed E-state index contributed by atoms with van der Waals surface area (Å²) < 4.78 is 28.6. The molecule has 0 aliphatic carbocycles. The van der Waals surface area contributed by atoms with Gasteiger partial charge in [-0.1, -0.05) is 41.9 Å². The van der Waals surface area contributed by atoms with Gasteiger partial charge in [-0.05, 0) is 48.0 Å². The number of carbonyl (C=O) groups excluding carboxylic acids is 1. The molecule has 1 aromatic heterocycles. The van der Waals surface area contributed by atoms with E-state index in [1.165, 1.54) is 35.6 Å². The van der Waals surface area contributed by atoms with Gasteiger partial charge in [-0.15, -0.1) is 22.9 Å². The summed E-state index contributed by atoms with van der Waals surface area (Å²) in [6.07, 6.45) is 0. The fraction of sp³-hybridized carbons (Fsp3) is 0.154. The maximum atomic E-state index is 13.0. The Hall–Kier alpha value is -3.11. The second kappa shape index (κ2) is 9.98. The number of hydrogen-bond acceptors (Lipinski definition) is 6. The van der Waals surface area contributed by atoms with Gasteiger partial charge in [0.15, 0.2) is 5.13 Å². The molecular formula is C26H22Cl2N4O3S2. The van der Waals surface area contributed by atoms with E-state index in [2.05, 4.69) is 9.71 Å². The van der Waals surface area contributed by atoms with E-state index >= 15 is 0 Å². The number of anilines is 3. The molecule has 7 nitrogen and oxygen atoms in total. The minimum absolute atomic E-state index is 0.0909. The predicted octanol–water partition coefficient (Wildman–Crippen LogP) is 6.03. The number of thiazole rings is 1. The van der Waals surface area contributed by atoms with Crippen LogP contribution in [-0.4, -0.2) is 38.8 Å². The van der Waals surface area contributed by atoms with Crippen LogP contribution >= 0.6 is 34.5 Å². The van der Waals surface area contributed by atoms with Crippen molar-refractivity contribution in [1.82, 2.24) is 4.98 Å². The number of carbonyl (C=O) groups is 1. The normalized spacial score (nSPS) is 17.4. The molecule has 4 aromatic rings. The number of hydrogen-bond donors (Lipinski definition) is 1. The largest absolute Gasteiger partial charge is 0.378 e. The Morgan fingerprint density at radius 3 is 2.35 bits per heavy atom. The van der Waals surface area contributed by atoms with Crippen LogP contribution in [0.25, 0.3) is 11.3 Å². The molecule has 2 heterocycles. The van der Waals surface area contributed by atoms with E-state index in [4.69, 9.17) is 23.2 Å². The molecule has 2 atom stereocenters. The van der Waals surface area contributed by atoms with Crippen molar-refractivity contribution >= 4 is 67.0 Å². The van der Waals surface area contributed by atoms with Crippen LogP contribution in [0.15, 0.2) is 83.1 Å². The van der Waals surface area contributed by atoms with Crippen molar-refractivity contribution < 1.29 is 13.2 Å². The van der Waals surface area contributed by atoms with E-state index in [9.17, 15) is 13.2 Å². The lowest BCUT2D eigenvalue weighted by Gasteiger charge is -2.42. The first-order valence-corrected chi connectivity index (χ1v) is 14.4. The number of nitrogens with one attached hydrogen (secondary N) is 1. The van der Waals surface area contributed by atoms with Crippen molar-refractivity contribution in [2.75, 3.05) is 28.6 Å². The first kappa shape index (κ1) is 25.5. The van der Waals surface area contributed by atoms with E-state index in [0.717, 1.165) is 11.3 Å². The quantitative estimate of drug-likeness (QED) is 0.216. The Bertz CT molecular complexity index is 1560. The molecule has 0 radical (unpaired) electrons. The Morgan fingerprint density at radius 1 is 1.00 bits per heavy atom. The van der Waals surface area contributed by atoms with Crippen molar-refractivity contribution in [2.45, 2.75) is 16.3 Å². The number of nitrogens with zero attached hydrogens (tertiary/aromatic N) is 3. The molecule has 1 aliphatic rings. The van der Waals surface area contributed by atoms with E-state index in [0.29, 0.717) is 27.1 Å². The fourth-order valence-electron chi connectivity index (χ4n) is 4.07. The summed E-state index contributed by atoms with van der Waals surface area (Å²) >= 11 is 13.6. The van der Waals surface area contributed by atoms with Crippen LogP contribution in [0.3, 0.4) is 0 Å². The summed E-state index contributed by atoms with van der Waals surface area (Å²) in [6.45, 7) is 0. The average Bonchev–Trinajstić information content (AvgIpc) is 3.36. The highest BCUT2D eigenvalue weighted by atomic mass is 35.5. The predicted molar refractivity (Wildman–Crippen MR) is 150 cm³/mol. The van der Waals surface area contributed by atoms with Gasteiger partial charge in [0, 0.05) is 35.7 Å². The highest BCUT2D eigenvalue weighted by molar-refractivity contribution is 7.92. The standard InChI is InChI=1S/C26H22Cl2N4O3S2/c1-31(2)18-11-7-16(8-12-18)24-23(28)25(33)32(24)26-29-22(15-36-26)20-5-3-4-6-21(20)30-37(34,35)19-13-9-17(27)10-14-19/h3-15,23-24,30H,1-2H3. The second-order valence-corrected chi connectivity index (χ2v) is 12.1. The van der Waals surface area contributed by atoms with Crippen molar-refractivity contribution in [3.63, 3.8) is 0 Å². The molecule has 2 unspecified atom stereocenters. The minimum atomic E-state index is -3.85. The van der Waals surface area contributed by atoms with Crippen LogP contribution in [0.1, 0.15) is 11.6 Å². The van der Waals surface area contributed by atoms with Crippen LogP contribution in [0.5, 0.6) is 0 Å². The zero-order valence-electron chi connectivity index (χ0n) is 19.8. The summed E-state index contributed by atoms with van der Waals surface area (Å²) in [6, 6.07) is 20.5. The monoisotopic (exact) mass is 572 g/mol. The third kappa shape index (κ3) is 4.92. The lowest BCUT2D eigenvalue weighted by molar-refractivity contribution is -0.123. The summed E-state index contributed by atoms with van der Waals surface area (Å²) in [5.41, 5.74) is 3.46. The first-order valence-electron chi connectivity index (χ1n) is 11.2. The van der Waals surface area contributed by atoms with E-state index in [-0.39, 0.29) is 16.8 Å². The number of para-hydroxylation sites is 1. The molecule has 0 saturated carbocycles. The van der Waals surface area contributed by atoms with Gasteiger partial charge in [0.05, 0.1) is 22.3 Å². The van der Waals surface area contributed by atoms with Crippen LogP contribution in [0.2, 0.25) is 5.02 Å². The van der Waals surface area contributed by atoms with Crippen molar-refractivity contribution in [3.8, 4) is 11.3 Å². The summed E-state index contributed by atoms with van der Waals surface area (Å²) in [5.74, 6) is -0.221. The molecule has 37 heavy (non-hydrogen) atoms. The number of benzene rings is 3. The van der Waals surface area contributed by atoms with Gasteiger partial charge in [-0.2, -0.15) is 0 Å². The molecule has 3 aromatic carbocycles. The molecule has 5 rings (SSSR count). The number of halogens is 2. The molecule has 11 heteroatoms. The number of aromatic nitrogens is 1. The lowest BCUT2D eigenvalue weighted by atomic mass is 9.93. The summed E-state index contributed by atoms with van der Waals surface area (Å²) in [5, 5.41) is 2.05. The van der Waals surface area contributed by atoms with Crippen molar-refractivity contribution in [1.29, 1.82) is 0 Å². The van der Waals surface area contributed by atoms with Crippen molar-refractivity contribution in [2.24, 2.45) is 0 Å². The van der Waals surface area contributed by atoms with Crippen LogP contribution < -0.4 is 14.5 Å². The highest BCUT2D eigenvalue weighted by Gasteiger charge is 2.49. The van der Waals surface area contributed by atoms with Gasteiger partial charge < -0.3 is 4.90 Å². The first-order chi connectivity index (χ1) is 17.7. The minimum Gasteiger partial charge on any atom is -0.378 e. The molecule has 190 valence electrons. The van der Waals surface area contributed by atoms with E-state index in [1.807, 2.05) is 43.3 Å². The highest BCUT2D eigenvalue weighted by Crippen LogP contribution is 2.44. The Kier molecular flexibility index (Phi) is 6.89. The zero-order chi connectivity index (χ0) is 26.3. The number of alkyl halides is 1. The lowest BCUT2D eigenvalue weighted by Crippen LogP contribution is -2.56. The second-order valence-electron chi connectivity index (χ2n) is 8.66. The maximum absolute atomic E-state index is 13.0. The third-order valence-corrected chi connectivity index (χ3v) is 8.95. The zero-order valence-corrected chi connectivity index (χ0v) is 22.9. The molecule has 0 bridgehead atoms. The number of β-lactam (4-membered cyclic amide) rings is 1. The van der Waals surface area contributed by atoms with E-state index < -0.39 is 15.4 Å². The van der Waals surface area contributed by atoms with Crippen LogP contribution in [0.4, 0.5) is 16.5 Å². The Balaban J connectivity index is 1.43. The molecule has 0 spiro atoms. The molecule has 1 fully saturated rings. The van der Waals surface area contributed by atoms with E-state index in [1.54, 1.807) is 34.5 Å². The topological polar surface area (TPSA) is 82.6 Å². The summed E-state index contributed by atoms with van der Waals surface area (Å²) in [4.78, 5) is 21.1. The molecule has 1 saturated heterocycles. The average molecular weight is 574 g/mol. The third-order valence-electron chi connectivity index (χ3n) is 6.05. The van der Waals surface area contributed by atoms with Crippen LogP contribution in [0, 0.1) is 0 Å². The number of amides is 1. The van der Waals surface area contributed by atoms with Gasteiger partial charge in [0.1, 0.15) is 5.38 Å². The van der Waals surface area contributed by atoms with Crippen molar-refractivity contribution in [3.05, 3.63) is 88.8 Å².